The Labute approximate surface area is 87.8 Å². The maximum Gasteiger partial charge on any atom is 0.141 e. The monoisotopic (exact) mass is 210 g/mol. The summed E-state index contributed by atoms with van der Waals surface area (Å²) in [6.07, 6.45) is -0.690. The van der Waals surface area contributed by atoms with E-state index in [1.165, 1.54) is 0 Å². The largest absolute Gasteiger partial charge is 0.491 e. The maximum atomic E-state index is 9.42. The Morgan fingerprint density at radius 3 is 2.67 bits per heavy atom. The van der Waals surface area contributed by atoms with Gasteiger partial charge in [-0.25, -0.2) is 0 Å². The van der Waals surface area contributed by atoms with Crippen molar-refractivity contribution in [3.05, 3.63) is 30.3 Å². The summed E-state index contributed by atoms with van der Waals surface area (Å²) in [5, 5.41) is 20.5. The molecule has 0 saturated carbocycles. The number of ether oxygens (including phenoxy) is 1. The lowest BCUT2D eigenvalue weighted by Crippen LogP contribution is -2.25. The molecule has 15 heavy (non-hydrogen) atoms. The zero-order chi connectivity index (χ0) is 11.1. The van der Waals surface area contributed by atoms with Crippen molar-refractivity contribution in [1.29, 1.82) is 0 Å². The van der Waals surface area contributed by atoms with Crippen LogP contribution in [0.2, 0.25) is 0 Å². The SMILES string of the molecule is N/C(CC(O)COc1ccccc1)=N\O. The zero-order valence-corrected chi connectivity index (χ0v) is 8.21. The summed E-state index contributed by atoms with van der Waals surface area (Å²) in [6.45, 7) is 0.111. The molecule has 4 N–H and O–H groups in total. The summed E-state index contributed by atoms with van der Waals surface area (Å²) in [5.41, 5.74) is 5.23. The molecule has 5 nitrogen and oxygen atoms in total. The van der Waals surface area contributed by atoms with Crippen molar-refractivity contribution in [1.82, 2.24) is 0 Å². The molecule has 0 saturated heterocycles. The molecule has 1 aromatic rings. The van der Waals surface area contributed by atoms with Crippen LogP contribution >= 0.6 is 0 Å². The van der Waals surface area contributed by atoms with Gasteiger partial charge in [0.15, 0.2) is 0 Å². The summed E-state index contributed by atoms with van der Waals surface area (Å²) in [4.78, 5) is 0. The quantitative estimate of drug-likeness (QED) is 0.287. The molecule has 0 heterocycles. The van der Waals surface area contributed by atoms with E-state index in [2.05, 4.69) is 5.16 Å². The molecule has 0 fully saturated rings. The van der Waals surface area contributed by atoms with Gasteiger partial charge < -0.3 is 20.8 Å². The standard InChI is InChI=1S/C10H14N2O3/c11-10(12-14)6-8(13)7-15-9-4-2-1-3-5-9/h1-5,8,13-14H,6-7H2,(H2,11,12). The summed E-state index contributed by atoms with van der Waals surface area (Å²) in [5.74, 6) is 0.662. The number of benzene rings is 1. The summed E-state index contributed by atoms with van der Waals surface area (Å²) in [6, 6.07) is 9.13. The predicted octanol–water partition coefficient (Wildman–Crippen LogP) is 0.563. The van der Waals surface area contributed by atoms with Crippen LogP contribution in [0.1, 0.15) is 6.42 Å². The van der Waals surface area contributed by atoms with Crippen molar-refractivity contribution >= 4 is 5.84 Å². The van der Waals surface area contributed by atoms with Gasteiger partial charge in [-0.1, -0.05) is 23.4 Å². The number of aliphatic hydroxyl groups is 1. The minimum Gasteiger partial charge on any atom is -0.491 e. The van der Waals surface area contributed by atoms with Crippen LogP contribution in [0.3, 0.4) is 0 Å². The Kier molecular flexibility index (Phi) is 4.43. The molecule has 0 aliphatic carbocycles. The average Bonchev–Trinajstić information content (AvgIpc) is 2.27. The molecule has 1 unspecified atom stereocenters. The molecule has 0 spiro atoms. The van der Waals surface area contributed by atoms with Gasteiger partial charge >= 0.3 is 0 Å². The summed E-state index contributed by atoms with van der Waals surface area (Å²) < 4.78 is 5.27. The fourth-order valence-corrected chi connectivity index (χ4v) is 1.05. The molecule has 0 amide bonds. The minimum absolute atomic E-state index is 0.0147. The number of hydrogen-bond donors (Lipinski definition) is 3. The first-order valence-electron chi connectivity index (χ1n) is 4.54. The molecule has 0 aliphatic heterocycles. The van der Waals surface area contributed by atoms with Crippen molar-refractivity contribution in [3.8, 4) is 5.75 Å². The third kappa shape index (κ3) is 4.33. The summed E-state index contributed by atoms with van der Waals surface area (Å²) in [7, 11) is 0. The van der Waals surface area contributed by atoms with Crippen molar-refractivity contribution in [3.63, 3.8) is 0 Å². The molecule has 1 aromatic carbocycles. The van der Waals surface area contributed by atoms with Crippen LogP contribution in [0.15, 0.2) is 35.5 Å². The number of nitrogens with zero attached hydrogens (tertiary/aromatic N) is 1. The number of rotatable bonds is 5. The van der Waals surface area contributed by atoms with Crippen molar-refractivity contribution in [2.24, 2.45) is 10.9 Å². The van der Waals surface area contributed by atoms with Crippen LogP contribution in [0.4, 0.5) is 0 Å². The van der Waals surface area contributed by atoms with Gasteiger partial charge in [-0.2, -0.15) is 0 Å². The van der Waals surface area contributed by atoms with Gasteiger partial charge in [0, 0.05) is 6.42 Å². The van der Waals surface area contributed by atoms with Crippen molar-refractivity contribution in [2.75, 3.05) is 6.61 Å². The fraction of sp³-hybridized carbons (Fsp3) is 0.300. The molecular weight excluding hydrogens is 196 g/mol. The van der Waals surface area contributed by atoms with E-state index in [1.807, 2.05) is 18.2 Å². The van der Waals surface area contributed by atoms with E-state index >= 15 is 0 Å². The molecule has 0 bridgehead atoms. The number of amidine groups is 1. The smallest absolute Gasteiger partial charge is 0.141 e. The van der Waals surface area contributed by atoms with Gasteiger partial charge in [-0.3, -0.25) is 0 Å². The average molecular weight is 210 g/mol. The van der Waals surface area contributed by atoms with Crippen LogP contribution in [0.25, 0.3) is 0 Å². The van der Waals surface area contributed by atoms with Gasteiger partial charge in [0.2, 0.25) is 0 Å². The third-order valence-electron chi connectivity index (χ3n) is 1.76. The van der Waals surface area contributed by atoms with Crippen LogP contribution < -0.4 is 10.5 Å². The molecule has 1 atom stereocenters. The Morgan fingerprint density at radius 1 is 1.40 bits per heavy atom. The lowest BCUT2D eigenvalue weighted by atomic mass is 10.2. The van der Waals surface area contributed by atoms with Crippen molar-refractivity contribution in [2.45, 2.75) is 12.5 Å². The molecule has 0 aromatic heterocycles. The Morgan fingerprint density at radius 2 is 2.07 bits per heavy atom. The van der Waals surface area contributed by atoms with Crippen LogP contribution in [-0.4, -0.2) is 28.9 Å². The molecule has 82 valence electrons. The predicted molar refractivity (Wildman–Crippen MR) is 56.0 cm³/mol. The van der Waals surface area contributed by atoms with E-state index in [0.717, 1.165) is 0 Å². The second kappa shape index (κ2) is 5.87. The Hall–Kier alpha value is -1.75. The Balaban J connectivity index is 2.31. The van der Waals surface area contributed by atoms with Gasteiger partial charge in [-0.15, -0.1) is 0 Å². The molecule has 0 aliphatic rings. The minimum atomic E-state index is -0.777. The highest BCUT2D eigenvalue weighted by Crippen LogP contribution is 2.08. The lowest BCUT2D eigenvalue weighted by molar-refractivity contribution is 0.112. The number of aliphatic hydroxyl groups excluding tert-OH is 1. The zero-order valence-electron chi connectivity index (χ0n) is 8.21. The normalized spacial score (nSPS) is 13.5. The highest BCUT2D eigenvalue weighted by Gasteiger charge is 2.07. The molecular formula is C10H14N2O3. The van der Waals surface area contributed by atoms with E-state index in [9.17, 15) is 5.11 Å². The van der Waals surface area contributed by atoms with Gasteiger partial charge in [-0.05, 0) is 12.1 Å². The van der Waals surface area contributed by atoms with E-state index in [-0.39, 0.29) is 18.9 Å². The van der Waals surface area contributed by atoms with Crippen LogP contribution in [0.5, 0.6) is 5.75 Å². The van der Waals surface area contributed by atoms with Gasteiger partial charge in [0.1, 0.15) is 18.2 Å². The maximum absolute atomic E-state index is 9.42. The second-order valence-electron chi connectivity index (χ2n) is 3.07. The van der Waals surface area contributed by atoms with E-state index < -0.39 is 6.10 Å². The van der Waals surface area contributed by atoms with E-state index in [0.29, 0.717) is 5.75 Å². The third-order valence-corrected chi connectivity index (χ3v) is 1.76. The first-order valence-corrected chi connectivity index (χ1v) is 4.54. The van der Waals surface area contributed by atoms with Gasteiger partial charge in [0.05, 0.1) is 6.10 Å². The molecule has 1 rings (SSSR count). The van der Waals surface area contributed by atoms with Crippen molar-refractivity contribution < 1.29 is 15.1 Å². The second-order valence-corrected chi connectivity index (χ2v) is 3.07. The number of hydrogen-bond acceptors (Lipinski definition) is 4. The highest BCUT2D eigenvalue weighted by molar-refractivity contribution is 5.80. The number of oxime groups is 1. The van der Waals surface area contributed by atoms with E-state index in [4.69, 9.17) is 15.7 Å². The fourth-order valence-electron chi connectivity index (χ4n) is 1.05. The first-order chi connectivity index (χ1) is 7.22. The first kappa shape index (κ1) is 11.3. The molecule has 0 radical (unpaired) electrons. The number of nitrogens with two attached hydrogens (primary N) is 1. The summed E-state index contributed by atoms with van der Waals surface area (Å²) >= 11 is 0. The topological polar surface area (TPSA) is 88.1 Å². The van der Waals surface area contributed by atoms with Gasteiger partial charge in [0.25, 0.3) is 0 Å². The highest BCUT2D eigenvalue weighted by atomic mass is 16.5. The van der Waals surface area contributed by atoms with Crippen LogP contribution in [-0.2, 0) is 0 Å². The molecule has 5 heteroatoms. The van der Waals surface area contributed by atoms with E-state index in [1.54, 1.807) is 12.1 Å². The lowest BCUT2D eigenvalue weighted by Gasteiger charge is -2.11. The van der Waals surface area contributed by atoms with Crippen LogP contribution in [0, 0.1) is 0 Å². The Bertz CT molecular complexity index is 314. The number of para-hydroxylation sites is 1.